The number of nitrogens with zero attached hydrogens (tertiary/aromatic N) is 1. The molecule has 2 rings (SSSR count). The minimum Gasteiger partial charge on any atom is -0.496 e. The third-order valence-corrected chi connectivity index (χ3v) is 4.00. The molecule has 1 saturated carbocycles. The van der Waals surface area contributed by atoms with E-state index in [1.807, 2.05) is 49.9 Å². The average molecular weight is 290 g/mol. The van der Waals surface area contributed by atoms with Crippen LogP contribution in [0, 0.1) is 5.41 Å². The van der Waals surface area contributed by atoms with E-state index in [4.69, 9.17) is 10.5 Å². The molecule has 21 heavy (non-hydrogen) atoms. The van der Waals surface area contributed by atoms with Gasteiger partial charge in [0, 0.05) is 18.2 Å². The van der Waals surface area contributed by atoms with Gasteiger partial charge in [-0.1, -0.05) is 39.0 Å². The summed E-state index contributed by atoms with van der Waals surface area (Å²) in [6.45, 7) is 6.58. The molecule has 1 aromatic rings. The van der Waals surface area contributed by atoms with E-state index >= 15 is 0 Å². The van der Waals surface area contributed by atoms with Crippen LogP contribution in [0.5, 0.6) is 5.75 Å². The molecule has 2 N–H and O–H groups in total. The number of carbonyl (C=O) groups excluding carboxylic acids is 1. The largest absolute Gasteiger partial charge is 0.496 e. The van der Waals surface area contributed by atoms with Gasteiger partial charge in [-0.05, 0) is 24.3 Å². The van der Waals surface area contributed by atoms with Crippen LogP contribution in [0.25, 0.3) is 0 Å². The molecule has 1 aromatic carbocycles. The predicted octanol–water partition coefficient (Wildman–Crippen LogP) is 2.56. The van der Waals surface area contributed by atoms with E-state index in [1.165, 1.54) is 0 Å². The summed E-state index contributed by atoms with van der Waals surface area (Å²) in [4.78, 5) is 14.7. The first kappa shape index (κ1) is 15.8. The van der Waals surface area contributed by atoms with Crippen LogP contribution in [0.2, 0.25) is 0 Å². The van der Waals surface area contributed by atoms with E-state index in [2.05, 4.69) is 0 Å². The second kappa shape index (κ2) is 6.06. The number of nitrogens with two attached hydrogens (primary N) is 1. The second-order valence-electron chi connectivity index (χ2n) is 6.85. The van der Waals surface area contributed by atoms with E-state index in [0.29, 0.717) is 12.6 Å². The molecule has 1 fully saturated rings. The maximum Gasteiger partial charge on any atom is 0.240 e. The quantitative estimate of drug-likeness (QED) is 0.906. The molecule has 116 valence electrons. The molecule has 0 aromatic heterocycles. The first-order valence-corrected chi connectivity index (χ1v) is 7.52. The van der Waals surface area contributed by atoms with Crippen LogP contribution in [0.4, 0.5) is 0 Å². The Labute approximate surface area is 127 Å². The number of hydrogen-bond donors (Lipinski definition) is 1. The van der Waals surface area contributed by atoms with Crippen LogP contribution in [0.1, 0.15) is 39.2 Å². The number of hydrogen-bond acceptors (Lipinski definition) is 3. The summed E-state index contributed by atoms with van der Waals surface area (Å²) in [6.07, 6.45) is 2.13. The zero-order valence-electron chi connectivity index (χ0n) is 13.4. The fourth-order valence-electron chi connectivity index (χ4n) is 2.34. The summed E-state index contributed by atoms with van der Waals surface area (Å²) in [5.41, 5.74) is 6.96. The Bertz CT molecular complexity index is 504. The fourth-order valence-corrected chi connectivity index (χ4v) is 2.34. The smallest absolute Gasteiger partial charge is 0.240 e. The Morgan fingerprint density at radius 2 is 2.00 bits per heavy atom. The van der Waals surface area contributed by atoms with Gasteiger partial charge in [-0.3, -0.25) is 4.79 Å². The molecule has 0 bridgehead atoms. The zero-order valence-corrected chi connectivity index (χ0v) is 13.4. The maximum absolute atomic E-state index is 12.7. The number of methoxy groups -OCH3 is 1. The highest BCUT2D eigenvalue weighted by Gasteiger charge is 2.38. The van der Waals surface area contributed by atoms with Crippen molar-refractivity contribution >= 4 is 5.91 Å². The maximum atomic E-state index is 12.7. The van der Waals surface area contributed by atoms with Gasteiger partial charge in [0.25, 0.3) is 0 Å². The summed E-state index contributed by atoms with van der Waals surface area (Å²) in [7, 11) is 1.66. The summed E-state index contributed by atoms with van der Waals surface area (Å²) in [5, 5.41) is 0. The number of para-hydroxylation sites is 1. The van der Waals surface area contributed by atoms with E-state index < -0.39 is 6.04 Å². The standard InChI is InChI=1S/C17H26N2O2/c1-17(2,3)15(18)16(20)19(13-9-10-13)11-12-7-5-6-8-14(12)21-4/h5-8,13,15H,9-11,18H2,1-4H3/t15-/m1/s1. The average Bonchev–Trinajstić information content (AvgIpc) is 3.27. The molecule has 1 atom stereocenters. The van der Waals surface area contributed by atoms with Crippen LogP contribution in [0.3, 0.4) is 0 Å². The van der Waals surface area contributed by atoms with Crippen molar-refractivity contribution in [2.24, 2.45) is 11.1 Å². The lowest BCUT2D eigenvalue weighted by molar-refractivity contribution is -0.136. The lowest BCUT2D eigenvalue weighted by Gasteiger charge is -2.32. The van der Waals surface area contributed by atoms with Gasteiger partial charge in [-0.25, -0.2) is 0 Å². The molecule has 0 saturated heterocycles. The molecule has 1 aliphatic carbocycles. The van der Waals surface area contributed by atoms with Crippen molar-refractivity contribution in [1.29, 1.82) is 0 Å². The van der Waals surface area contributed by atoms with Gasteiger partial charge < -0.3 is 15.4 Å². The van der Waals surface area contributed by atoms with E-state index in [0.717, 1.165) is 24.2 Å². The van der Waals surface area contributed by atoms with Crippen LogP contribution in [0.15, 0.2) is 24.3 Å². The molecule has 0 aliphatic heterocycles. The molecular formula is C17H26N2O2. The molecule has 0 heterocycles. The van der Waals surface area contributed by atoms with Crippen LogP contribution in [-0.2, 0) is 11.3 Å². The number of carbonyl (C=O) groups is 1. The third kappa shape index (κ3) is 3.76. The topological polar surface area (TPSA) is 55.6 Å². The van der Waals surface area contributed by atoms with Crippen LogP contribution in [-0.4, -0.2) is 30.0 Å². The Morgan fingerprint density at radius 1 is 1.38 bits per heavy atom. The number of rotatable bonds is 5. The molecule has 0 unspecified atom stereocenters. The molecule has 0 radical (unpaired) electrons. The first-order valence-electron chi connectivity index (χ1n) is 7.52. The Balaban J connectivity index is 2.18. The third-order valence-electron chi connectivity index (χ3n) is 4.00. The van der Waals surface area contributed by atoms with Gasteiger partial charge in [-0.15, -0.1) is 0 Å². The Morgan fingerprint density at radius 3 is 2.52 bits per heavy atom. The van der Waals surface area contributed by atoms with Crippen LogP contribution >= 0.6 is 0 Å². The van der Waals surface area contributed by atoms with Crippen LogP contribution < -0.4 is 10.5 Å². The van der Waals surface area contributed by atoms with Crippen molar-refractivity contribution in [3.05, 3.63) is 29.8 Å². The van der Waals surface area contributed by atoms with Crippen molar-refractivity contribution in [2.75, 3.05) is 7.11 Å². The molecule has 1 amide bonds. The fraction of sp³-hybridized carbons (Fsp3) is 0.588. The number of benzene rings is 1. The molecule has 4 nitrogen and oxygen atoms in total. The van der Waals surface area contributed by atoms with Gasteiger partial charge in [0.1, 0.15) is 5.75 Å². The summed E-state index contributed by atoms with van der Waals surface area (Å²) in [6, 6.07) is 7.69. The molecule has 0 spiro atoms. The first-order chi connectivity index (χ1) is 9.84. The minimum atomic E-state index is -0.479. The monoisotopic (exact) mass is 290 g/mol. The SMILES string of the molecule is COc1ccccc1CN(C(=O)[C@@H](N)C(C)(C)C)C1CC1. The van der Waals surface area contributed by atoms with Gasteiger partial charge >= 0.3 is 0 Å². The lowest BCUT2D eigenvalue weighted by Crippen LogP contribution is -2.50. The molecule has 4 heteroatoms. The molecule has 1 aliphatic rings. The summed E-state index contributed by atoms with van der Waals surface area (Å²) in [5.74, 6) is 0.858. The number of ether oxygens (including phenoxy) is 1. The van der Waals surface area contributed by atoms with Gasteiger partial charge in [-0.2, -0.15) is 0 Å². The predicted molar refractivity (Wildman–Crippen MR) is 84.0 cm³/mol. The van der Waals surface area contributed by atoms with Crippen molar-refractivity contribution in [3.63, 3.8) is 0 Å². The summed E-state index contributed by atoms with van der Waals surface area (Å²) >= 11 is 0. The zero-order chi connectivity index (χ0) is 15.6. The van der Waals surface area contributed by atoms with Gasteiger partial charge in [0.15, 0.2) is 0 Å². The van der Waals surface area contributed by atoms with Crippen molar-refractivity contribution in [2.45, 2.75) is 52.2 Å². The van der Waals surface area contributed by atoms with E-state index in [-0.39, 0.29) is 11.3 Å². The van der Waals surface area contributed by atoms with E-state index in [9.17, 15) is 4.79 Å². The lowest BCUT2D eigenvalue weighted by atomic mass is 9.86. The minimum absolute atomic E-state index is 0.0379. The Kier molecular flexibility index (Phi) is 4.57. The van der Waals surface area contributed by atoms with Crippen molar-refractivity contribution < 1.29 is 9.53 Å². The number of amides is 1. The normalized spacial score (nSPS) is 16.4. The summed E-state index contributed by atoms with van der Waals surface area (Å²) < 4.78 is 5.38. The second-order valence-corrected chi connectivity index (χ2v) is 6.85. The highest BCUT2D eigenvalue weighted by Crippen LogP contribution is 2.32. The highest BCUT2D eigenvalue weighted by molar-refractivity contribution is 5.83. The Hall–Kier alpha value is -1.55. The van der Waals surface area contributed by atoms with Gasteiger partial charge in [0.2, 0.25) is 5.91 Å². The van der Waals surface area contributed by atoms with Crippen molar-refractivity contribution in [1.82, 2.24) is 4.90 Å². The van der Waals surface area contributed by atoms with Crippen molar-refractivity contribution in [3.8, 4) is 5.75 Å². The van der Waals surface area contributed by atoms with Gasteiger partial charge in [0.05, 0.1) is 13.2 Å². The highest BCUT2D eigenvalue weighted by atomic mass is 16.5. The molecular weight excluding hydrogens is 264 g/mol. The van der Waals surface area contributed by atoms with E-state index in [1.54, 1.807) is 7.11 Å².